The van der Waals surface area contributed by atoms with Crippen LogP contribution in [0.4, 0.5) is 0 Å². The zero-order valence-corrected chi connectivity index (χ0v) is 20.9. The Labute approximate surface area is 192 Å². The van der Waals surface area contributed by atoms with Gasteiger partial charge in [-0.1, -0.05) is 39.8 Å². The summed E-state index contributed by atoms with van der Waals surface area (Å²) >= 11 is 0. The molecule has 1 aliphatic heterocycles. The number of sulfonamides is 1. The van der Waals surface area contributed by atoms with E-state index < -0.39 is 10.0 Å². The number of aromatic nitrogens is 2. The molecule has 1 aliphatic rings. The summed E-state index contributed by atoms with van der Waals surface area (Å²) in [6.45, 7) is 14.7. The Bertz CT molecular complexity index is 1050. The van der Waals surface area contributed by atoms with Crippen LogP contribution in [0.3, 0.4) is 0 Å². The monoisotopic (exact) mass is 460 g/mol. The Morgan fingerprint density at radius 3 is 2.12 bits per heavy atom. The summed E-state index contributed by atoms with van der Waals surface area (Å²) in [4.78, 5) is 15.0. The van der Waals surface area contributed by atoms with Gasteiger partial charge < -0.3 is 4.90 Å². The van der Waals surface area contributed by atoms with Crippen LogP contribution in [0.2, 0.25) is 0 Å². The number of carbonyl (C=O) groups is 1. The molecule has 0 saturated carbocycles. The second-order valence-corrected chi connectivity index (χ2v) is 11.3. The molecule has 0 aliphatic carbocycles. The summed E-state index contributed by atoms with van der Waals surface area (Å²) in [5.74, 6) is 0.859. The lowest BCUT2D eigenvalue weighted by Crippen LogP contribution is -2.50. The first-order valence-electron chi connectivity index (χ1n) is 11.4. The van der Waals surface area contributed by atoms with Crippen molar-refractivity contribution in [3.63, 3.8) is 0 Å². The van der Waals surface area contributed by atoms with Crippen LogP contribution in [-0.2, 0) is 27.8 Å². The zero-order valence-electron chi connectivity index (χ0n) is 20.1. The molecule has 1 amide bonds. The lowest BCUT2D eigenvalue weighted by Gasteiger charge is -2.34. The van der Waals surface area contributed by atoms with Crippen molar-refractivity contribution < 1.29 is 13.2 Å². The summed E-state index contributed by atoms with van der Waals surface area (Å²) in [5, 5.41) is 4.60. The predicted octanol–water partition coefficient (Wildman–Crippen LogP) is 3.35. The molecular weight excluding hydrogens is 424 g/mol. The molecule has 1 saturated heterocycles. The SMILES string of the molecule is Cc1nn(CC(C)C)c(C)c1CC(=O)N1CCN(S(=O)(=O)c2ccc(C(C)C)cc2)CC1. The van der Waals surface area contributed by atoms with Gasteiger partial charge in [-0.3, -0.25) is 9.48 Å². The molecule has 0 spiro atoms. The van der Waals surface area contributed by atoms with Crippen molar-refractivity contribution in [1.82, 2.24) is 19.0 Å². The molecule has 0 radical (unpaired) electrons. The van der Waals surface area contributed by atoms with Crippen molar-refractivity contribution in [2.75, 3.05) is 26.2 Å². The number of carbonyl (C=O) groups excluding carboxylic acids is 1. The Morgan fingerprint density at radius 2 is 1.59 bits per heavy atom. The average molecular weight is 461 g/mol. The predicted molar refractivity (Wildman–Crippen MR) is 126 cm³/mol. The van der Waals surface area contributed by atoms with Gasteiger partial charge in [0.05, 0.1) is 17.0 Å². The number of amides is 1. The first-order valence-corrected chi connectivity index (χ1v) is 12.9. The van der Waals surface area contributed by atoms with Gasteiger partial charge in [0, 0.05) is 44.0 Å². The minimum Gasteiger partial charge on any atom is -0.340 e. The highest BCUT2D eigenvalue weighted by molar-refractivity contribution is 7.89. The number of aryl methyl sites for hydroxylation is 1. The van der Waals surface area contributed by atoms with E-state index in [1.807, 2.05) is 30.7 Å². The lowest BCUT2D eigenvalue weighted by molar-refractivity contribution is -0.131. The standard InChI is InChI=1S/C24H36N4O3S/c1-17(2)16-28-20(6)23(19(5)25-28)15-24(29)26-11-13-27(14-12-26)32(30,31)22-9-7-21(8-10-22)18(3)4/h7-10,17-18H,11-16H2,1-6H3. The Morgan fingerprint density at radius 1 is 1.00 bits per heavy atom. The normalized spacial score (nSPS) is 15.7. The lowest BCUT2D eigenvalue weighted by atomic mass is 10.0. The summed E-state index contributed by atoms with van der Waals surface area (Å²) in [5.41, 5.74) is 4.02. The molecule has 7 nitrogen and oxygen atoms in total. The van der Waals surface area contributed by atoms with Gasteiger partial charge in [-0.25, -0.2) is 8.42 Å². The topological polar surface area (TPSA) is 75.5 Å². The largest absolute Gasteiger partial charge is 0.340 e. The van der Waals surface area contributed by atoms with Crippen LogP contribution in [0.25, 0.3) is 0 Å². The van der Waals surface area contributed by atoms with E-state index in [9.17, 15) is 13.2 Å². The molecule has 0 atom stereocenters. The minimum atomic E-state index is -3.55. The van der Waals surface area contributed by atoms with Gasteiger partial charge in [0.15, 0.2) is 0 Å². The Kier molecular flexibility index (Phi) is 7.45. The number of hydrogen-bond acceptors (Lipinski definition) is 4. The Balaban J connectivity index is 1.63. The number of hydrogen-bond donors (Lipinski definition) is 0. The molecule has 8 heteroatoms. The van der Waals surface area contributed by atoms with Gasteiger partial charge in [-0.15, -0.1) is 0 Å². The highest BCUT2D eigenvalue weighted by Crippen LogP contribution is 2.22. The quantitative estimate of drug-likeness (QED) is 0.635. The van der Waals surface area contributed by atoms with Crippen LogP contribution >= 0.6 is 0 Å². The van der Waals surface area contributed by atoms with E-state index >= 15 is 0 Å². The van der Waals surface area contributed by atoms with Crippen molar-refractivity contribution >= 4 is 15.9 Å². The molecule has 32 heavy (non-hydrogen) atoms. The van der Waals surface area contributed by atoms with E-state index in [1.165, 1.54) is 4.31 Å². The van der Waals surface area contributed by atoms with Crippen LogP contribution in [0.5, 0.6) is 0 Å². The fraction of sp³-hybridized carbons (Fsp3) is 0.583. The third-order valence-corrected chi connectivity index (χ3v) is 8.09. The van der Waals surface area contributed by atoms with Crippen molar-refractivity contribution in [2.45, 2.75) is 65.3 Å². The average Bonchev–Trinajstić information content (AvgIpc) is 3.00. The highest BCUT2D eigenvalue weighted by atomic mass is 32.2. The molecule has 0 N–H and O–H groups in total. The van der Waals surface area contributed by atoms with Crippen molar-refractivity contribution in [3.05, 3.63) is 46.8 Å². The molecule has 1 aromatic heterocycles. The summed E-state index contributed by atoms with van der Waals surface area (Å²) in [7, 11) is -3.55. The Hall–Kier alpha value is -2.19. The van der Waals surface area contributed by atoms with Crippen LogP contribution in [0, 0.1) is 19.8 Å². The van der Waals surface area contributed by atoms with E-state index in [4.69, 9.17) is 0 Å². The summed E-state index contributed by atoms with van der Waals surface area (Å²) in [6.07, 6.45) is 0.305. The van der Waals surface area contributed by atoms with Crippen LogP contribution < -0.4 is 0 Å². The third-order valence-electron chi connectivity index (χ3n) is 6.17. The fourth-order valence-corrected chi connectivity index (χ4v) is 5.55. The maximum Gasteiger partial charge on any atom is 0.243 e. The molecule has 1 aromatic carbocycles. The highest BCUT2D eigenvalue weighted by Gasteiger charge is 2.30. The molecule has 1 fully saturated rings. The van der Waals surface area contributed by atoms with Crippen LogP contribution in [-0.4, -0.2) is 59.5 Å². The number of piperazine rings is 1. The molecule has 176 valence electrons. The van der Waals surface area contributed by atoms with E-state index in [-0.39, 0.29) is 5.91 Å². The minimum absolute atomic E-state index is 0.0265. The number of nitrogens with zero attached hydrogens (tertiary/aromatic N) is 4. The van der Waals surface area contributed by atoms with Gasteiger partial charge in [0.2, 0.25) is 15.9 Å². The molecule has 0 bridgehead atoms. The first-order chi connectivity index (χ1) is 15.0. The van der Waals surface area contributed by atoms with Crippen molar-refractivity contribution in [2.24, 2.45) is 5.92 Å². The van der Waals surface area contributed by atoms with E-state index in [0.717, 1.165) is 29.1 Å². The van der Waals surface area contributed by atoms with Crippen LogP contribution in [0.1, 0.15) is 56.1 Å². The second-order valence-electron chi connectivity index (χ2n) is 9.41. The van der Waals surface area contributed by atoms with Gasteiger partial charge in [0.1, 0.15) is 0 Å². The maximum absolute atomic E-state index is 13.0. The summed E-state index contributed by atoms with van der Waals surface area (Å²) in [6, 6.07) is 7.12. The fourth-order valence-electron chi connectivity index (χ4n) is 4.13. The van der Waals surface area contributed by atoms with E-state index in [0.29, 0.717) is 49.3 Å². The van der Waals surface area contributed by atoms with Gasteiger partial charge in [-0.05, 0) is 43.4 Å². The molecule has 2 aromatic rings. The van der Waals surface area contributed by atoms with E-state index in [2.05, 4.69) is 32.8 Å². The van der Waals surface area contributed by atoms with Crippen molar-refractivity contribution in [3.8, 4) is 0 Å². The molecule has 0 unspecified atom stereocenters. The van der Waals surface area contributed by atoms with E-state index in [1.54, 1.807) is 17.0 Å². The molecule has 2 heterocycles. The van der Waals surface area contributed by atoms with Gasteiger partial charge >= 0.3 is 0 Å². The number of benzene rings is 1. The molecule has 3 rings (SSSR count). The van der Waals surface area contributed by atoms with Gasteiger partial charge in [-0.2, -0.15) is 9.40 Å². The van der Waals surface area contributed by atoms with Crippen molar-refractivity contribution in [1.29, 1.82) is 0 Å². The van der Waals surface area contributed by atoms with Gasteiger partial charge in [0.25, 0.3) is 0 Å². The number of rotatable bonds is 7. The maximum atomic E-state index is 13.0. The second kappa shape index (κ2) is 9.75. The zero-order chi connectivity index (χ0) is 23.6. The summed E-state index contributed by atoms with van der Waals surface area (Å²) < 4.78 is 29.5. The van der Waals surface area contributed by atoms with Crippen LogP contribution in [0.15, 0.2) is 29.2 Å². The molecular formula is C24H36N4O3S. The smallest absolute Gasteiger partial charge is 0.243 e. The third kappa shape index (κ3) is 5.23. The first kappa shape index (κ1) is 24.5.